The summed E-state index contributed by atoms with van der Waals surface area (Å²) in [6.45, 7) is 2.86. The van der Waals surface area contributed by atoms with Gasteiger partial charge in [-0.05, 0) is 37.5 Å². The third-order valence-corrected chi connectivity index (χ3v) is 4.47. The summed E-state index contributed by atoms with van der Waals surface area (Å²) >= 11 is 0. The van der Waals surface area contributed by atoms with E-state index in [9.17, 15) is 4.79 Å². The SMILES string of the molecule is CCc1noc(C2CCCCN2C(=O)c2ccc3c(c2)OCO3)n1. The van der Waals surface area contributed by atoms with Crippen molar-refractivity contribution >= 4 is 5.91 Å². The van der Waals surface area contributed by atoms with E-state index >= 15 is 0 Å². The second kappa shape index (κ2) is 6.14. The zero-order chi connectivity index (χ0) is 16.5. The first-order valence-electron chi connectivity index (χ1n) is 8.29. The van der Waals surface area contributed by atoms with Gasteiger partial charge in [-0.15, -0.1) is 0 Å². The van der Waals surface area contributed by atoms with Gasteiger partial charge in [0.05, 0.1) is 0 Å². The third-order valence-electron chi connectivity index (χ3n) is 4.47. The van der Waals surface area contributed by atoms with Crippen LogP contribution < -0.4 is 9.47 Å². The Hall–Kier alpha value is -2.57. The minimum Gasteiger partial charge on any atom is -0.454 e. The average Bonchev–Trinajstić information content (AvgIpc) is 3.29. The summed E-state index contributed by atoms with van der Waals surface area (Å²) in [4.78, 5) is 19.2. The van der Waals surface area contributed by atoms with Gasteiger partial charge in [-0.25, -0.2) is 0 Å². The highest BCUT2D eigenvalue weighted by Gasteiger charge is 2.33. The number of rotatable bonds is 3. The largest absolute Gasteiger partial charge is 0.454 e. The van der Waals surface area contributed by atoms with Gasteiger partial charge in [0.2, 0.25) is 12.7 Å². The first-order chi connectivity index (χ1) is 11.8. The van der Waals surface area contributed by atoms with Gasteiger partial charge < -0.3 is 18.9 Å². The molecule has 0 spiro atoms. The summed E-state index contributed by atoms with van der Waals surface area (Å²) in [7, 11) is 0. The topological polar surface area (TPSA) is 77.7 Å². The van der Waals surface area contributed by atoms with Crippen molar-refractivity contribution in [3.8, 4) is 11.5 Å². The first-order valence-corrected chi connectivity index (χ1v) is 8.29. The number of fused-ring (bicyclic) bond motifs is 1. The van der Waals surface area contributed by atoms with E-state index in [0.717, 1.165) is 19.3 Å². The minimum atomic E-state index is -0.163. The molecule has 7 nitrogen and oxygen atoms in total. The fourth-order valence-corrected chi connectivity index (χ4v) is 3.17. The number of carbonyl (C=O) groups excluding carboxylic acids is 1. The second-order valence-electron chi connectivity index (χ2n) is 5.98. The molecular formula is C17H19N3O4. The second-order valence-corrected chi connectivity index (χ2v) is 5.98. The lowest BCUT2D eigenvalue weighted by molar-refractivity contribution is 0.0561. The monoisotopic (exact) mass is 329 g/mol. The minimum absolute atomic E-state index is 0.0470. The summed E-state index contributed by atoms with van der Waals surface area (Å²) in [5, 5.41) is 3.96. The average molecular weight is 329 g/mol. The van der Waals surface area contributed by atoms with Gasteiger partial charge in [-0.2, -0.15) is 4.98 Å². The quantitative estimate of drug-likeness (QED) is 0.861. The van der Waals surface area contributed by atoms with Gasteiger partial charge in [0.15, 0.2) is 17.3 Å². The molecule has 2 aliphatic rings. The highest BCUT2D eigenvalue weighted by atomic mass is 16.7. The van der Waals surface area contributed by atoms with Crippen LogP contribution in [0.3, 0.4) is 0 Å². The van der Waals surface area contributed by atoms with Gasteiger partial charge in [0, 0.05) is 18.5 Å². The number of nitrogens with zero attached hydrogens (tertiary/aromatic N) is 3. The molecule has 2 aromatic rings. The van der Waals surface area contributed by atoms with Crippen molar-refractivity contribution in [2.75, 3.05) is 13.3 Å². The molecule has 0 radical (unpaired) electrons. The van der Waals surface area contributed by atoms with Gasteiger partial charge in [-0.1, -0.05) is 12.1 Å². The van der Waals surface area contributed by atoms with E-state index in [0.29, 0.717) is 41.7 Å². The predicted octanol–water partition coefficient (Wildman–Crippen LogP) is 2.73. The van der Waals surface area contributed by atoms with Crippen LogP contribution in [0.15, 0.2) is 22.7 Å². The van der Waals surface area contributed by atoms with E-state index < -0.39 is 0 Å². The molecule has 24 heavy (non-hydrogen) atoms. The summed E-state index contributed by atoms with van der Waals surface area (Å²) in [5.41, 5.74) is 0.585. The molecule has 126 valence electrons. The van der Waals surface area contributed by atoms with Gasteiger partial charge in [0.25, 0.3) is 5.91 Å². The number of piperidine rings is 1. The summed E-state index contributed by atoms with van der Waals surface area (Å²) in [5.74, 6) is 2.44. The van der Waals surface area contributed by atoms with Crippen LogP contribution in [0, 0.1) is 0 Å². The van der Waals surface area contributed by atoms with E-state index in [-0.39, 0.29) is 18.7 Å². The lowest BCUT2D eigenvalue weighted by Gasteiger charge is -2.33. The Kier molecular flexibility index (Phi) is 3.84. The van der Waals surface area contributed by atoms with E-state index in [1.165, 1.54) is 0 Å². The smallest absolute Gasteiger partial charge is 0.254 e. The molecule has 1 unspecified atom stereocenters. The molecule has 1 saturated heterocycles. The van der Waals surface area contributed by atoms with Gasteiger partial charge in [0.1, 0.15) is 6.04 Å². The molecule has 1 aromatic heterocycles. The predicted molar refractivity (Wildman–Crippen MR) is 83.9 cm³/mol. The summed E-state index contributed by atoms with van der Waals surface area (Å²) in [6.07, 6.45) is 3.56. The molecule has 7 heteroatoms. The number of hydrogen-bond acceptors (Lipinski definition) is 6. The lowest BCUT2D eigenvalue weighted by atomic mass is 10.0. The molecule has 4 rings (SSSR count). The molecule has 0 aliphatic carbocycles. The van der Waals surface area contributed by atoms with Crippen LogP contribution >= 0.6 is 0 Å². The number of hydrogen-bond donors (Lipinski definition) is 0. The molecule has 3 heterocycles. The van der Waals surface area contributed by atoms with Crippen LogP contribution in [-0.4, -0.2) is 34.3 Å². The molecule has 0 N–H and O–H groups in total. The van der Waals surface area contributed by atoms with E-state index in [4.69, 9.17) is 14.0 Å². The van der Waals surface area contributed by atoms with Crippen LogP contribution in [0.5, 0.6) is 11.5 Å². The molecule has 1 amide bonds. The summed E-state index contributed by atoms with van der Waals surface area (Å²) < 4.78 is 16.1. The van der Waals surface area contributed by atoms with Crippen molar-refractivity contribution < 1.29 is 18.8 Å². The lowest BCUT2D eigenvalue weighted by Crippen LogP contribution is -2.38. The highest BCUT2D eigenvalue weighted by molar-refractivity contribution is 5.95. The molecule has 1 fully saturated rings. The standard InChI is InChI=1S/C17H19N3O4/c1-2-15-18-16(24-19-15)12-5-3-4-8-20(12)17(21)11-6-7-13-14(9-11)23-10-22-13/h6-7,9,12H,2-5,8,10H2,1H3. The maximum atomic E-state index is 13.0. The normalized spacial score (nSPS) is 19.5. The fraction of sp³-hybridized carbons (Fsp3) is 0.471. The van der Waals surface area contributed by atoms with Gasteiger partial charge in [-0.3, -0.25) is 4.79 Å². The van der Waals surface area contributed by atoms with Crippen LogP contribution in [-0.2, 0) is 6.42 Å². The van der Waals surface area contributed by atoms with E-state index in [2.05, 4.69) is 10.1 Å². The van der Waals surface area contributed by atoms with Crippen LogP contribution in [0.1, 0.15) is 54.3 Å². The maximum absolute atomic E-state index is 13.0. The molecule has 0 bridgehead atoms. The number of carbonyl (C=O) groups is 1. The number of likely N-dealkylation sites (tertiary alicyclic amines) is 1. The van der Waals surface area contributed by atoms with Crippen molar-refractivity contribution in [3.05, 3.63) is 35.5 Å². The van der Waals surface area contributed by atoms with Crippen molar-refractivity contribution in [1.82, 2.24) is 15.0 Å². The molecule has 0 saturated carbocycles. The Labute approximate surface area is 139 Å². The highest BCUT2D eigenvalue weighted by Crippen LogP contribution is 2.35. The molecule has 1 aromatic carbocycles. The Morgan fingerprint density at radius 3 is 3.00 bits per heavy atom. The zero-order valence-electron chi connectivity index (χ0n) is 13.5. The Balaban J connectivity index is 1.61. The fourth-order valence-electron chi connectivity index (χ4n) is 3.17. The number of ether oxygens (including phenoxy) is 2. The zero-order valence-corrected chi connectivity index (χ0v) is 13.5. The van der Waals surface area contributed by atoms with Gasteiger partial charge >= 0.3 is 0 Å². The number of amides is 1. The summed E-state index contributed by atoms with van der Waals surface area (Å²) in [6, 6.07) is 5.12. The van der Waals surface area contributed by atoms with Crippen LogP contribution in [0.2, 0.25) is 0 Å². The number of aromatic nitrogens is 2. The van der Waals surface area contributed by atoms with Crippen molar-refractivity contribution in [3.63, 3.8) is 0 Å². The molecule has 2 aliphatic heterocycles. The Morgan fingerprint density at radius 1 is 1.29 bits per heavy atom. The molecule has 1 atom stereocenters. The van der Waals surface area contributed by atoms with E-state index in [1.807, 2.05) is 11.8 Å². The number of aryl methyl sites for hydroxylation is 1. The van der Waals surface area contributed by atoms with Crippen molar-refractivity contribution in [2.24, 2.45) is 0 Å². The van der Waals surface area contributed by atoms with Crippen LogP contribution in [0.4, 0.5) is 0 Å². The van der Waals surface area contributed by atoms with Crippen molar-refractivity contribution in [1.29, 1.82) is 0 Å². The number of benzene rings is 1. The Bertz CT molecular complexity index is 758. The third kappa shape index (κ3) is 2.60. The van der Waals surface area contributed by atoms with E-state index in [1.54, 1.807) is 18.2 Å². The van der Waals surface area contributed by atoms with Crippen LogP contribution in [0.25, 0.3) is 0 Å². The first kappa shape index (κ1) is 15.0. The van der Waals surface area contributed by atoms with Crippen molar-refractivity contribution in [2.45, 2.75) is 38.6 Å². The Morgan fingerprint density at radius 2 is 2.17 bits per heavy atom. The maximum Gasteiger partial charge on any atom is 0.254 e. The molecular weight excluding hydrogens is 310 g/mol.